The molecule has 0 atom stereocenters. The minimum Gasteiger partial charge on any atom is -0.466 e. The average molecular weight is 194 g/mol. The first kappa shape index (κ1) is 10.2. The molecule has 74 valence electrons. The number of carbonyl (C=O) groups is 2. The molecule has 0 saturated carbocycles. The number of esters is 2. The predicted octanol–water partition coefficient (Wildman–Crippen LogP) is 1.10. The first-order valence-corrected chi connectivity index (χ1v) is 3.95. The summed E-state index contributed by atoms with van der Waals surface area (Å²) in [6, 6.07) is 0. The van der Waals surface area contributed by atoms with E-state index in [2.05, 4.69) is 11.3 Å². The van der Waals surface area contributed by atoms with Crippen molar-refractivity contribution in [1.29, 1.82) is 0 Å². The number of rotatable bonds is 2. The normalized spacial score (nSPS) is 18.4. The zero-order valence-corrected chi connectivity index (χ0v) is 7.99. The molecule has 1 aliphatic rings. The molecule has 0 aromatic heterocycles. The van der Waals surface area contributed by atoms with Gasteiger partial charge in [-0.2, -0.15) is 0 Å². The fourth-order valence-corrected chi connectivity index (χ4v) is 1.05. The quantitative estimate of drug-likeness (QED) is 0.488. The fraction of sp³-hybridized carbons (Fsp3) is 0.200. The standard InChI is InChI=1S/C10H10O4/c1-4-7-6(2)10(12)14-8(7)5-9(11)13-3/h4-5H,1H2,2-3H3/b8-5-. The highest BCUT2D eigenvalue weighted by atomic mass is 16.5. The smallest absolute Gasteiger partial charge is 0.339 e. The van der Waals surface area contributed by atoms with Gasteiger partial charge in [0.15, 0.2) is 0 Å². The maximum atomic E-state index is 11.1. The molecule has 14 heavy (non-hydrogen) atoms. The van der Waals surface area contributed by atoms with E-state index in [0.29, 0.717) is 11.1 Å². The maximum Gasteiger partial charge on any atom is 0.339 e. The molecule has 4 heteroatoms. The third-order valence-corrected chi connectivity index (χ3v) is 1.83. The summed E-state index contributed by atoms with van der Waals surface area (Å²) in [6.07, 6.45) is 2.58. The Morgan fingerprint density at radius 3 is 2.71 bits per heavy atom. The Hall–Kier alpha value is -1.84. The Bertz CT molecular complexity index is 360. The second kappa shape index (κ2) is 3.91. The molecule has 0 aliphatic carbocycles. The number of cyclic esters (lactones) is 1. The molecule has 1 rings (SSSR count). The van der Waals surface area contributed by atoms with Crippen LogP contribution in [0.1, 0.15) is 6.92 Å². The van der Waals surface area contributed by atoms with Crippen LogP contribution in [0.5, 0.6) is 0 Å². The van der Waals surface area contributed by atoms with Gasteiger partial charge in [-0.05, 0) is 6.92 Å². The van der Waals surface area contributed by atoms with Gasteiger partial charge in [-0.15, -0.1) is 0 Å². The van der Waals surface area contributed by atoms with Crippen molar-refractivity contribution in [1.82, 2.24) is 0 Å². The van der Waals surface area contributed by atoms with Crippen LogP contribution < -0.4 is 0 Å². The Morgan fingerprint density at radius 2 is 2.21 bits per heavy atom. The fourth-order valence-electron chi connectivity index (χ4n) is 1.05. The molecular formula is C10H10O4. The van der Waals surface area contributed by atoms with Gasteiger partial charge >= 0.3 is 11.9 Å². The highest BCUT2D eigenvalue weighted by Gasteiger charge is 2.25. The van der Waals surface area contributed by atoms with E-state index < -0.39 is 11.9 Å². The van der Waals surface area contributed by atoms with Crippen LogP contribution >= 0.6 is 0 Å². The van der Waals surface area contributed by atoms with Crippen LogP contribution in [0.3, 0.4) is 0 Å². The van der Waals surface area contributed by atoms with Gasteiger partial charge in [0.2, 0.25) is 0 Å². The van der Waals surface area contributed by atoms with Crippen LogP contribution in [0.4, 0.5) is 0 Å². The number of hydrogen-bond donors (Lipinski definition) is 0. The van der Waals surface area contributed by atoms with Crippen LogP contribution in [-0.2, 0) is 19.1 Å². The Kier molecular flexibility index (Phi) is 2.86. The van der Waals surface area contributed by atoms with Gasteiger partial charge in [-0.25, -0.2) is 9.59 Å². The number of carbonyl (C=O) groups excluding carboxylic acids is 2. The first-order chi connectivity index (χ1) is 6.60. The number of methoxy groups -OCH3 is 1. The SMILES string of the molecule is C=CC1=C(C)C(=O)O/C1=C\C(=O)OC. The largest absolute Gasteiger partial charge is 0.466 e. The summed E-state index contributed by atoms with van der Waals surface area (Å²) in [7, 11) is 1.25. The van der Waals surface area contributed by atoms with Crippen molar-refractivity contribution >= 4 is 11.9 Å². The van der Waals surface area contributed by atoms with Crippen LogP contribution in [0.25, 0.3) is 0 Å². The van der Waals surface area contributed by atoms with E-state index in [1.165, 1.54) is 13.2 Å². The Balaban J connectivity index is 3.06. The lowest BCUT2D eigenvalue weighted by Crippen LogP contribution is -1.99. The molecular weight excluding hydrogens is 184 g/mol. The maximum absolute atomic E-state index is 11.1. The lowest BCUT2D eigenvalue weighted by Gasteiger charge is -1.98. The van der Waals surface area contributed by atoms with Crippen LogP contribution in [0.2, 0.25) is 0 Å². The molecule has 4 nitrogen and oxygen atoms in total. The molecule has 0 spiro atoms. The number of hydrogen-bond acceptors (Lipinski definition) is 4. The highest BCUT2D eigenvalue weighted by Crippen LogP contribution is 2.26. The molecule has 1 heterocycles. The van der Waals surface area contributed by atoms with E-state index >= 15 is 0 Å². The molecule has 0 radical (unpaired) electrons. The van der Waals surface area contributed by atoms with Gasteiger partial charge in [0, 0.05) is 11.1 Å². The van der Waals surface area contributed by atoms with Crippen LogP contribution in [0, 0.1) is 0 Å². The summed E-state index contributed by atoms with van der Waals surface area (Å²) in [6.45, 7) is 5.14. The summed E-state index contributed by atoms with van der Waals surface area (Å²) in [5.41, 5.74) is 0.968. The third-order valence-electron chi connectivity index (χ3n) is 1.83. The molecule has 1 aliphatic heterocycles. The van der Waals surface area contributed by atoms with Gasteiger partial charge in [-0.1, -0.05) is 12.7 Å². The topological polar surface area (TPSA) is 52.6 Å². The van der Waals surface area contributed by atoms with Crippen molar-refractivity contribution in [3.8, 4) is 0 Å². The zero-order valence-electron chi connectivity index (χ0n) is 7.99. The number of allylic oxidation sites excluding steroid dienone is 1. The van der Waals surface area contributed by atoms with Crippen LogP contribution in [0.15, 0.2) is 35.6 Å². The van der Waals surface area contributed by atoms with E-state index in [9.17, 15) is 9.59 Å². The van der Waals surface area contributed by atoms with Crippen LogP contribution in [-0.4, -0.2) is 19.0 Å². The minimum atomic E-state index is -0.568. The lowest BCUT2D eigenvalue weighted by molar-refractivity contribution is -0.135. The third kappa shape index (κ3) is 1.74. The molecule has 0 amide bonds. The molecule has 0 N–H and O–H groups in total. The van der Waals surface area contributed by atoms with Gasteiger partial charge in [0.25, 0.3) is 0 Å². The van der Waals surface area contributed by atoms with Gasteiger partial charge in [0.05, 0.1) is 13.2 Å². The molecule has 0 unspecified atom stereocenters. The summed E-state index contributed by atoms with van der Waals surface area (Å²) in [5.74, 6) is -0.841. The molecule has 0 aromatic rings. The number of ether oxygens (including phenoxy) is 2. The van der Waals surface area contributed by atoms with E-state index in [4.69, 9.17) is 4.74 Å². The second-order valence-corrected chi connectivity index (χ2v) is 2.66. The van der Waals surface area contributed by atoms with E-state index in [1.54, 1.807) is 6.92 Å². The highest BCUT2D eigenvalue weighted by molar-refractivity contribution is 5.96. The molecule has 0 fully saturated rings. The summed E-state index contributed by atoms with van der Waals surface area (Å²) < 4.78 is 9.24. The summed E-state index contributed by atoms with van der Waals surface area (Å²) >= 11 is 0. The Morgan fingerprint density at radius 1 is 1.57 bits per heavy atom. The van der Waals surface area contributed by atoms with E-state index in [-0.39, 0.29) is 5.76 Å². The molecule has 0 bridgehead atoms. The van der Waals surface area contributed by atoms with Gasteiger partial charge < -0.3 is 9.47 Å². The second-order valence-electron chi connectivity index (χ2n) is 2.66. The molecule has 0 aromatic carbocycles. The summed E-state index contributed by atoms with van der Waals surface area (Å²) in [4.78, 5) is 22.0. The van der Waals surface area contributed by atoms with Gasteiger partial charge in [-0.3, -0.25) is 0 Å². The van der Waals surface area contributed by atoms with Crippen molar-refractivity contribution in [2.24, 2.45) is 0 Å². The van der Waals surface area contributed by atoms with E-state index in [0.717, 1.165) is 6.08 Å². The Labute approximate surface area is 81.5 Å². The first-order valence-electron chi connectivity index (χ1n) is 3.95. The van der Waals surface area contributed by atoms with Crippen molar-refractivity contribution in [2.45, 2.75) is 6.92 Å². The monoisotopic (exact) mass is 194 g/mol. The van der Waals surface area contributed by atoms with Gasteiger partial charge in [0.1, 0.15) is 5.76 Å². The lowest BCUT2D eigenvalue weighted by atomic mass is 10.1. The zero-order chi connectivity index (χ0) is 10.7. The van der Waals surface area contributed by atoms with Crippen molar-refractivity contribution < 1.29 is 19.1 Å². The van der Waals surface area contributed by atoms with Crippen molar-refractivity contribution in [3.63, 3.8) is 0 Å². The average Bonchev–Trinajstić information content (AvgIpc) is 2.42. The van der Waals surface area contributed by atoms with Crippen molar-refractivity contribution in [2.75, 3.05) is 7.11 Å². The van der Waals surface area contributed by atoms with E-state index in [1.807, 2.05) is 0 Å². The minimum absolute atomic E-state index is 0.189. The predicted molar refractivity (Wildman–Crippen MR) is 49.1 cm³/mol. The molecule has 0 saturated heterocycles. The summed E-state index contributed by atoms with van der Waals surface area (Å²) in [5, 5.41) is 0. The van der Waals surface area contributed by atoms with Crippen molar-refractivity contribution in [3.05, 3.63) is 35.6 Å².